The molecule has 0 aliphatic carbocycles. The molecule has 0 bridgehead atoms. The molecule has 2 aromatic carbocycles. The summed E-state index contributed by atoms with van der Waals surface area (Å²) in [7, 11) is 0. The SMILES string of the molecule is CCNCc1cc(C)ccc1Oc1ccc(Br)cc1Cl. The quantitative estimate of drug-likeness (QED) is 0.785. The predicted octanol–water partition coefficient (Wildman–Crippen LogP) is 5.31. The number of ether oxygens (including phenoxy) is 1. The van der Waals surface area contributed by atoms with Gasteiger partial charge in [-0.15, -0.1) is 0 Å². The Hall–Kier alpha value is -1.03. The average molecular weight is 355 g/mol. The Kier molecular flexibility index (Phi) is 5.46. The lowest BCUT2D eigenvalue weighted by Crippen LogP contribution is -2.12. The van der Waals surface area contributed by atoms with E-state index in [1.807, 2.05) is 30.3 Å². The van der Waals surface area contributed by atoms with Crippen LogP contribution < -0.4 is 10.1 Å². The summed E-state index contributed by atoms with van der Waals surface area (Å²) in [6.07, 6.45) is 0. The fourth-order valence-corrected chi connectivity index (χ4v) is 2.59. The van der Waals surface area contributed by atoms with E-state index in [-0.39, 0.29) is 0 Å². The van der Waals surface area contributed by atoms with Gasteiger partial charge in [0.1, 0.15) is 11.5 Å². The van der Waals surface area contributed by atoms with E-state index in [0.29, 0.717) is 10.8 Å². The molecule has 0 aliphatic heterocycles. The zero-order valence-corrected chi connectivity index (χ0v) is 13.9. The maximum absolute atomic E-state index is 6.20. The summed E-state index contributed by atoms with van der Waals surface area (Å²) in [5, 5.41) is 3.91. The van der Waals surface area contributed by atoms with Crippen LogP contribution in [0.4, 0.5) is 0 Å². The van der Waals surface area contributed by atoms with Crippen LogP contribution in [-0.2, 0) is 6.54 Å². The third-order valence-corrected chi connectivity index (χ3v) is 3.68. The van der Waals surface area contributed by atoms with Crippen molar-refractivity contribution >= 4 is 27.5 Å². The van der Waals surface area contributed by atoms with Crippen LogP contribution in [0.25, 0.3) is 0 Å². The van der Waals surface area contributed by atoms with E-state index in [9.17, 15) is 0 Å². The molecule has 2 nitrogen and oxygen atoms in total. The summed E-state index contributed by atoms with van der Waals surface area (Å²) in [6.45, 7) is 5.86. The zero-order valence-electron chi connectivity index (χ0n) is 11.5. The normalized spacial score (nSPS) is 10.6. The van der Waals surface area contributed by atoms with Crippen molar-refractivity contribution in [2.24, 2.45) is 0 Å². The number of hydrogen-bond donors (Lipinski definition) is 1. The van der Waals surface area contributed by atoms with E-state index in [1.165, 1.54) is 5.56 Å². The second-order valence-electron chi connectivity index (χ2n) is 4.57. The molecule has 1 N–H and O–H groups in total. The van der Waals surface area contributed by atoms with Crippen molar-refractivity contribution < 1.29 is 4.74 Å². The number of halogens is 2. The van der Waals surface area contributed by atoms with Gasteiger partial charge in [0.15, 0.2) is 0 Å². The van der Waals surface area contributed by atoms with Crippen molar-refractivity contribution in [1.29, 1.82) is 0 Å². The topological polar surface area (TPSA) is 21.3 Å². The minimum atomic E-state index is 0.592. The van der Waals surface area contributed by atoms with Gasteiger partial charge in [0.25, 0.3) is 0 Å². The maximum atomic E-state index is 6.20. The summed E-state index contributed by atoms with van der Waals surface area (Å²) >= 11 is 9.59. The summed E-state index contributed by atoms with van der Waals surface area (Å²) in [5.74, 6) is 1.50. The number of aryl methyl sites for hydroxylation is 1. The van der Waals surface area contributed by atoms with E-state index in [4.69, 9.17) is 16.3 Å². The first-order valence-corrected chi connectivity index (χ1v) is 7.70. The molecule has 0 spiro atoms. The first-order chi connectivity index (χ1) is 9.60. The third kappa shape index (κ3) is 3.98. The Morgan fingerprint density at radius 2 is 1.90 bits per heavy atom. The van der Waals surface area contributed by atoms with Crippen LogP contribution >= 0.6 is 27.5 Å². The fraction of sp³-hybridized carbons (Fsp3) is 0.250. The molecule has 0 aromatic heterocycles. The van der Waals surface area contributed by atoms with Crippen LogP contribution in [-0.4, -0.2) is 6.54 Å². The van der Waals surface area contributed by atoms with Crippen LogP contribution in [0.1, 0.15) is 18.1 Å². The first kappa shape index (κ1) is 15.4. The van der Waals surface area contributed by atoms with Crippen LogP contribution in [0.2, 0.25) is 5.02 Å². The Bertz CT molecular complexity index is 601. The Morgan fingerprint density at radius 3 is 2.60 bits per heavy atom. The summed E-state index contributed by atoms with van der Waals surface area (Å²) in [6, 6.07) is 11.8. The lowest BCUT2D eigenvalue weighted by atomic mass is 10.1. The van der Waals surface area contributed by atoms with Gasteiger partial charge in [-0.25, -0.2) is 0 Å². The smallest absolute Gasteiger partial charge is 0.146 e. The van der Waals surface area contributed by atoms with Gasteiger partial charge < -0.3 is 10.1 Å². The molecule has 0 amide bonds. The Morgan fingerprint density at radius 1 is 1.15 bits per heavy atom. The van der Waals surface area contributed by atoms with Gasteiger partial charge in [0.2, 0.25) is 0 Å². The average Bonchev–Trinajstić information content (AvgIpc) is 2.41. The van der Waals surface area contributed by atoms with E-state index < -0.39 is 0 Å². The molecule has 0 atom stereocenters. The highest BCUT2D eigenvalue weighted by atomic mass is 79.9. The molecule has 4 heteroatoms. The summed E-state index contributed by atoms with van der Waals surface area (Å²) in [4.78, 5) is 0. The zero-order chi connectivity index (χ0) is 14.5. The molecule has 0 fully saturated rings. The van der Waals surface area contributed by atoms with Crippen LogP contribution in [0.15, 0.2) is 40.9 Å². The number of nitrogens with one attached hydrogen (secondary N) is 1. The van der Waals surface area contributed by atoms with Gasteiger partial charge in [0.05, 0.1) is 5.02 Å². The predicted molar refractivity (Wildman–Crippen MR) is 87.8 cm³/mol. The van der Waals surface area contributed by atoms with Crippen molar-refractivity contribution in [1.82, 2.24) is 5.32 Å². The maximum Gasteiger partial charge on any atom is 0.146 e. The van der Waals surface area contributed by atoms with Crippen LogP contribution in [0.5, 0.6) is 11.5 Å². The highest BCUT2D eigenvalue weighted by molar-refractivity contribution is 9.10. The molecular formula is C16H17BrClNO. The molecule has 0 radical (unpaired) electrons. The monoisotopic (exact) mass is 353 g/mol. The lowest BCUT2D eigenvalue weighted by molar-refractivity contribution is 0.473. The molecule has 20 heavy (non-hydrogen) atoms. The highest BCUT2D eigenvalue weighted by Gasteiger charge is 2.08. The first-order valence-electron chi connectivity index (χ1n) is 6.53. The van der Waals surface area contributed by atoms with Crippen molar-refractivity contribution in [3.8, 4) is 11.5 Å². The summed E-state index contributed by atoms with van der Waals surface area (Å²) in [5.41, 5.74) is 2.35. The molecular weight excluding hydrogens is 338 g/mol. The molecule has 106 valence electrons. The van der Waals surface area contributed by atoms with Crippen LogP contribution in [0.3, 0.4) is 0 Å². The molecule has 0 saturated heterocycles. The van der Waals surface area contributed by atoms with E-state index in [1.54, 1.807) is 0 Å². The van der Waals surface area contributed by atoms with E-state index in [2.05, 4.69) is 41.2 Å². The van der Waals surface area contributed by atoms with Gasteiger partial charge in [0, 0.05) is 16.6 Å². The van der Waals surface area contributed by atoms with E-state index >= 15 is 0 Å². The van der Waals surface area contributed by atoms with Crippen molar-refractivity contribution in [2.45, 2.75) is 20.4 Å². The molecule has 0 unspecified atom stereocenters. The molecule has 0 aliphatic rings. The minimum absolute atomic E-state index is 0.592. The largest absolute Gasteiger partial charge is 0.455 e. The molecule has 0 saturated carbocycles. The minimum Gasteiger partial charge on any atom is -0.455 e. The fourth-order valence-electron chi connectivity index (χ4n) is 1.88. The van der Waals surface area contributed by atoms with E-state index in [0.717, 1.165) is 28.9 Å². The van der Waals surface area contributed by atoms with Gasteiger partial charge in [-0.05, 0) is 37.7 Å². The van der Waals surface area contributed by atoms with Crippen LogP contribution in [0, 0.1) is 6.92 Å². The Balaban J connectivity index is 2.27. The van der Waals surface area contributed by atoms with Crippen molar-refractivity contribution in [3.63, 3.8) is 0 Å². The second-order valence-corrected chi connectivity index (χ2v) is 5.89. The van der Waals surface area contributed by atoms with Crippen molar-refractivity contribution in [3.05, 3.63) is 57.0 Å². The number of rotatable bonds is 5. The van der Waals surface area contributed by atoms with Gasteiger partial charge in [-0.2, -0.15) is 0 Å². The second kappa shape index (κ2) is 7.11. The molecule has 2 rings (SSSR count). The van der Waals surface area contributed by atoms with Gasteiger partial charge in [-0.3, -0.25) is 0 Å². The van der Waals surface area contributed by atoms with Gasteiger partial charge in [-0.1, -0.05) is 52.2 Å². The standard InChI is InChI=1S/C16H17BrClNO/c1-3-19-10-12-8-11(2)4-6-15(12)20-16-7-5-13(17)9-14(16)18/h4-9,19H,3,10H2,1-2H3. The molecule has 2 aromatic rings. The third-order valence-electron chi connectivity index (χ3n) is 2.90. The van der Waals surface area contributed by atoms with Gasteiger partial charge >= 0.3 is 0 Å². The van der Waals surface area contributed by atoms with Crippen molar-refractivity contribution in [2.75, 3.05) is 6.54 Å². The number of hydrogen-bond acceptors (Lipinski definition) is 2. The highest BCUT2D eigenvalue weighted by Crippen LogP contribution is 2.33. The lowest BCUT2D eigenvalue weighted by Gasteiger charge is -2.13. The number of benzene rings is 2. The Labute approximate surface area is 133 Å². The summed E-state index contributed by atoms with van der Waals surface area (Å²) < 4.78 is 6.89. The molecule has 0 heterocycles.